The third-order valence-electron chi connectivity index (χ3n) is 6.14. The number of rotatable bonds is 5. The lowest BCUT2D eigenvalue weighted by atomic mass is 9.84. The van der Waals surface area contributed by atoms with Crippen LogP contribution < -0.4 is 14.8 Å². The molecule has 37 heavy (non-hydrogen) atoms. The van der Waals surface area contributed by atoms with Crippen LogP contribution in [0.5, 0.6) is 5.75 Å². The summed E-state index contributed by atoms with van der Waals surface area (Å²) in [7, 11) is -2.40. The van der Waals surface area contributed by atoms with Crippen LogP contribution in [0.1, 0.15) is 43.6 Å². The van der Waals surface area contributed by atoms with Crippen molar-refractivity contribution in [2.24, 2.45) is 5.14 Å². The molecule has 4 rings (SSSR count). The molecule has 1 atom stereocenters. The molecular formula is C27H27N3O6S. The van der Waals surface area contributed by atoms with E-state index in [4.69, 9.17) is 9.88 Å². The van der Waals surface area contributed by atoms with Gasteiger partial charge in [-0.05, 0) is 60.0 Å². The fraction of sp³-hybridized carbons (Fsp3) is 0.222. The number of aromatic nitrogens is 1. The monoisotopic (exact) mass is 521 g/mol. The van der Waals surface area contributed by atoms with Gasteiger partial charge in [0.05, 0.1) is 23.3 Å². The van der Waals surface area contributed by atoms with Gasteiger partial charge >= 0.3 is 0 Å². The van der Waals surface area contributed by atoms with Gasteiger partial charge in [0.1, 0.15) is 17.6 Å². The summed E-state index contributed by atoms with van der Waals surface area (Å²) in [5.74, 6) is -1.51. The Bertz CT molecular complexity index is 1510. The highest BCUT2D eigenvalue weighted by Crippen LogP contribution is 2.42. The zero-order valence-electron chi connectivity index (χ0n) is 20.8. The Morgan fingerprint density at radius 1 is 1.05 bits per heavy atom. The third kappa shape index (κ3) is 4.85. The number of nitrogens with two attached hydrogens (primary N) is 1. The molecule has 1 fully saturated rings. The molecule has 1 aliphatic rings. The van der Waals surface area contributed by atoms with Crippen LogP contribution in [0.4, 0.5) is 5.69 Å². The molecule has 2 heterocycles. The largest absolute Gasteiger partial charge is 0.507 e. The Morgan fingerprint density at radius 2 is 1.73 bits per heavy atom. The number of hydrogen-bond donors (Lipinski definition) is 2. The molecular weight excluding hydrogens is 494 g/mol. The molecule has 9 nitrogen and oxygen atoms in total. The minimum absolute atomic E-state index is 0.135. The Labute approximate surface area is 215 Å². The Morgan fingerprint density at radius 3 is 2.27 bits per heavy atom. The van der Waals surface area contributed by atoms with E-state index in [0.717, 1.165) is 5.56 Å². The predicted octanol–water partition coefficient (Wildman–Crippen LogP) is 3.66. The number of amides is 1. The number of aliphatic hydroxyl groups excluding tert-OH is 1. The lowest BCUT2D eigenvalue weighted by molar-refractivity contribution is -0.132. The number of carbonyl (C=O) groups excluding carboxylic acids is 2. The number of aliphatic hydroxyl groups is 1. The van der Waals surface area contributed by atoms with Crippen molar-refractivity contribution in [1.29, 1.82) is 0 Å². The molecule has 1 aliphatic heterocycles. The summed E-state index contributed by atoms with van der Waals surface area (Å²) in [6.45, 7) is 5.98. The van der Waals surface area contributed by atoms with Gasteiger partial charge in [0.2, 0.25) is 10.0 Å². The first-order chi connectivity index (χ1) is 17.3. The molecule has 1 aromatic heterocycles. The number of hydrogen-bond acceptors (Lipinski definition) is 7. The summed E-state index contributed by atoms with van der Waals surface area (Å²) in [6.07, 6.45) is 1.52. The van der Waals surface area contributed by atoms with Crippen LogP contribution in [-0.4, -0.2) is 37.3 Å². The zero-order valence-corrected chi connectivity index (χ0v) is 21.6. The highest BCUT2D eigenvalue weighted by atomic mass is 32.2. The number of benzene rings is 2. The quantitative estimate of drug-likeness (QED) is 0.297. The van der Waals surface area contributed by atoms with Gasteiger partial charge in [0.25, 0.3) is 11.7 Å². The lowest BCUT2D eigenvalue weighted by Gasteiger charge is -2.25. The summed E-state index contributed by atoms with van der Waals surface area (Å²) in [5.41, 5.74) is 1.27. The number of methoxy groups -OCH3 is 1. The van der Waals surface area contributed by atoms with Crippen molar-refractivity contribution in [3.63, 3.8) is 0 Å². The second kappa shape index (κ2) is 9.45. The average molecular weight is 522 g/mol. The van der Waals surface area contributed by atoms with E-state index in [1.807, 2.05) is 20.8 Å². The maximum Gasteiger partial charge on any atom is 0.300 e. The molecule has 3 N–H and O–H groups in total. The minimum atomic E-state index is -3.96. The van der Waals surface area contributed by atoms with Gasteiger partial charge < -0.3 is 9.84 Å². The topological polar surface area (TPSA) is 140 Å². The number of carbonyl (C=O) groups is 2. The van der Waals surface area contributed by atoms with E-state index >= 15 is 0 Å². The van der Waals surface area contributed by atoms with Gasteiger partial charge in [-0.2, -0.15) is 0 Å². The number of primary sulfonamides is 1. The van der Waals surface area contributed by atoms with E-state index in [2.05, 4.69) is 4.98 Å². The fourth-order valence-corrected chi connectivity index (χ4v) is 4.83. The van der Waals surface area contributed by atoms with Crippen molar-refractivity contribution >= 4 is 33.2 Å². The average Bonchev–Trinajstić information content (AvgIpc) is 3.13. The van der Waals surface area contributed by atoms with Crippen LogP contribution in [0.3, 0.4) is 0 Å². The molecule has 3 aromatic rings. The SMILES string of the molecule is COc1ccc(/C(O)=C2/C(=O)C(=O)N(c3ccc(S(N)(=O)=O)cc3)C2c2ccccn2)cc1C(C)(C)C. The molecule has 0 aliphatic carbocycles. The Kier molecular flexibility index (Phi) is 6.66. The summed E-state index contributed by atoms with van der Waals surface area (Å²) >= 11 is 0. The van der Waals surface area contributed by atoms with Crippen LogP contribution in [0.15, 0.2) is 77.3 Å². The molecule has 0 spiro atoms. The number of sulfonamides is 1. The molecule has 2 aromatic carbocycles. The van der Waals surface area contributed by atoms with Gasteiger partial charge in [0, 0.05) is 23.0 Å². The van der Waals surface area contributed by atoms with Crippen molar-refractivity contribution < 1.29 is 27.9 Å². The van der Waals surface area contributed by atoms with Crippen molar-refractivity contribution in [3.05, 3.63) is 89.3 Å². The highest BCUT2D eigenvalue weighted by Gasteiger charge is 2.47. The molecule has 1 saturated heterocycles. The van der Waals surface area contributed by atoms with Crippen LogP contribution in [0, 0.1) is 0 Å². The van der Waals surface area contributed by atoms with Crippen molar-refractivity contribution in [1.82, 2.24) is 4.98 Å². The second-order valence-electron chi connectivity index (χ2n) is 9.63. The second-order valence-corrected chi connectivity index (χ2v) is 11.2. The molecule has 1 amide bonds. The first kappa shape index (κ1) is 26.1. The predicted molar refractivity (Wildman–Crippen MR) is 139 cm³/mol. The molecule has 10 heteroatoms. The maximum atomic E-state index is 13.3. The Balaban J connectivity index is 1.93. The van der Waals surface area contributed by atoms with Crippen molar-refractivity contribution in [3.8, 4) is 5.75 Å². The maximum absolute atomic E-state index is 13.3. The molecule has 0 bridgehead atoms. The van der Waals surface area contributed by atoms with Gasteiger partial charge in [-0.25, -0.2) is 13.6 Å². The first-order valence-corrected chi connectivity index (χ1v) is 12.9. The number of ketones is 1. The van der Waals surface area contributed by atoms with E-state index in [9.17, 15) is 23.1 Å². The third-order valence-corrected chi connectivity index (χ3v) is 7.07. The fourth-order valence-electron chi connectivity index (χ4n) is 4.31. The minimum Gasteiger partial charge on any atom is -0.507 e. The zero-order chi connectivity index (χ0) is 27.1. The standard InChI is InChI=1S/C27H27N3O6S/c1-27(2,3)19-15-16(8-13-21(19)36-4)24(31)22-23(20-7-5-6-14-29-20)30(26(33)25(22)32)17-9-11-18(12-10-17)37(28,34)35/h5-15,23,31H,1-4H3,(H2,28,34,35)/b24-22-. The van der Waals surface area contributed by atoms with Gasteiger partial charge in [-0.3, -0.25) is 19.5 Å². The van der Waals surface area contributed by atoms with Crippen LogP contribution in [0.25, 0.3) is 5.76 Å². The van der Waals surface area contributed by atoms with Crippen molar-refractivity contribution in [2.75, 3.05) is 12.0 Å². The van der Waals surface area contributed by atoms with E-state index in [1.54, 1.807) is 43.5 Å². The van der Waals surface area contributed by atoms with Crippen LogP contribution >= 0.6 is 0 Å². The highest BCUT2D eigenvalue weighted by molar-refractivity contribution is 7.89. The molecule has 192 valence electrons. The van der Waals surface area contributed by atoms with E-state index in [-0.39, 0.29) is 27.3 Å². The van der Waals surface area contributed by atoms with Crippen LogP contribution in [0.2, 0.25) is 0 Å². The Hall–Kier alpha value is -4.02. The molecule has 1 unspecified atom stereocenters. The van der Waals surface area contributed by atoms with Crippen LogP contribution in [-0.2, 0) is 25.0 Å². The smallest absolute Gasteiger partial charge is 0.300 e. The summed E-state index contributed by atoms with van der Waals surface area (Å²) in [5, 5.41) is 16.6. The lowest BCUT2D eigenvalue weighted by Crippen LogP contribution is -2.29. The number of ether oxygens (including phenoxy) is 1. The van der Waals surface area contributed by atoms with Gasteiger partial charge in [-0.15, -0.1) is 0 Å². The van der Waals surface area contributed by atoms with Gasteiger partial charge in [0.15, 0.2) is 0 Å². The van der Waals surface area contributed by atoms with E-state index in [0.29, 0.717) is 17.0 Å². The van der Waals surface area contributed by atoms with E-state index in [1.165, 1.54) is 35.4 Å². The van der Waals surface area contributed by atoms with E-state index < -0.39 is 27.8 Å². The number of nitrogens with zero attached hydrogens (tertiary/aromatic N) is 2. The molecule has 0 radical (unpaired) electrons. The number of pyridine rings is 1. The first-order valence-electron chi connectivity index (χ1n) is 11.4. The number of anilines is 1. The molecule has 0 saturated carbocycles. The number of Topliss-reactive ketones (excluding diaryl/α,β-unsaturated/α-hetero) is 1. The van der Waals surface area contributed by atoms with Gasteiger partial charge in [-0.1, -0.05) is 26.8 Å². The normalized spacial score (nSPS) is 17.8. The summed E-state index contributed by atoms with van der Waals surface area (Å²) in [4.78, 5) is 32.0. The summed E-state index contributed by atoms with van der Waals surface area (Å²) in [6, 6.07) is 14.3. The van der Waals surface area contributed by atoms with Crippen molar-refractivity contribution in [2.45, 2.75) is 37.1 Å². The summed E-state index contributed by atoms with van der Waals surface area (Å²) < 4.78 is 28.9.